The molecule has 0 spiro atoms. The summed E-state index contributed by atoms with van der Waals surface area (Å²) < 4.78 is 11.1. The van der Waals surface area contributed by atoms with Gasteiger partial charge in [0, 0.05) is 30.6 Å². The molecule has 2 aromatic carbocycles. The topological polar surface area (TPSA) is 76.1 Å². The second kappa shape index (κ2) is 9.09. The fourth-order valence-electron chi connectivity index (χ4n) is 3.90. The summed E-state index contributed by atoms with van der Waals surface area (Å²) in [6.07, 6.45) is 4.22. The van der Waals surface area contributed by atoms with E-state index in [1.165, 1.54) is 5.01 Å². The molecule has 3 aromatic rings. The summed E-state index contributed by atoms with van der Waals surface area (Å²) in [5.41, 5.74) is 5.64. The first kappa shape index (κ1) is 21.4. The van der Waals surface area contributed by atoms with Crippen LogP contribution in [0.15, 0.2) is 66.0 Å². The van der Waals surface area contributed by atoms with Gasteiger partial charge in [-0.3, -0.25) is 4.98 Å². The molecular formula is C25H26N4O3. The molecule has 0 fully saturated rings. The van der Waals surface area contributed by atoms with Gasteiger partial charge in [-0.05, 0) is 48.2 Å². The van der Waals surface area contributed by atoms with Crippen molar-refractivity contribution in [3.05, 3.63) is 77.6 Å². The Morgan fingerprint density at radius 2 is 1.72 bits per heavy atom. The van der Waals surface area contributed by atoms with Gasteiger partial charge in [0.15, 0.2) is 11.5 Å². The maximum Gasteiger partial charge on any atom is 0.337 e. The largest absolute Gasteiger partial charge is 0.493 e. The number of fused-ring (bicyclic) bond motifs is 1. The molecule has 7 nitrogen and oxygen atoms in total. The Morgan fingerprint density at radius 1 is 1.03 bits per heavy atom. The normalized spacial score (nSPS) is 15.3. The van der Waals surface area contributed by atoms with Gasteiger partial charge >= 0.3 is 6.03 Å². The van der Waals surface area contributed by atoms with E-state index in [1.54, 1.807) is 27.5 Å². The van der Waals surface area contributed by atoms with Crippen molar-refractivity contribution >= 4 is 11.7 Å². The molecule has 2 amide bonds. The third-order valence-electron chi connectivity index (χ3n) is 5.58. The van der Waals surface area contributed by atoms with Gasteiger partial charge in [-0.2, -0.15) is 5.10 Å². The highest BCUT2D eigenvalue weighted by atomic mass is 16.5. The van der Waals surface area contributed by atoms with E-state index in [-0.39, 0.29) is 12.1 Å². The van der Waals surface area contributed by atoms with Crippen molar-refractivity contribution in [2.24, 2.45) is 5.10 Å². The van der Waals surface area contributed by atoms with E-state index in [4.69, 9.17) is 14.6 Å². The van der Waals surface area contributed by atoms with E-state index in [9.17, 15) is 4.79 Å². The van der Waals surface area contributed by atoms with E-state index in [0.29, 0.717) is 23.6 Å². The number of urea groups is 1. The van der Waals surface area contributed by atoms with Gasteiger partial charge in [-0.25, -0.2) is 9.80 Å². The summed E-state index contributed by atoms with van der Waals surface area (Å²) in [5, 5.41) is 9.00. The Kier molecular flexibility index (Phi) is 6.07. The molecule has 1 atom stereocenters. The Balaban J connectivity index is 1.86. The highest BCUT2D eigenvalue weighted by Crippen LogP contribution is 2.35. The highest BCUT2D eigenvalue weighted by molar-refractivity contribution is 6.14. The van der Waals surface area contributed by atoms with Crippen LogP contribution < -0.4 is 14.8 Å². The number of hydrazone groups is 1. The summed E-state index contributed by atoms with van der Waals surface area (Å²) in [6, 6.07) is 15.5. The summed E-state index contributed by atoms with van der Waals surface area (Å²) in [4.78, 5) is 16.8. The molecule has 32 heavy (non-hydrogen) atoms. The van der Waals surface area contributed by atoms with Gasteiger partial charge in [-0.15, -0.1) is 0 Å². The lowest BCUT2D eigenvalue weighted by molar-refractivity contribution is 0.184. The first-order valence-electron chi connectivity index (χ1n) is 10.4. The van der Waals surface area contributed by atoms with E-state index in [0.717, 1.165) is 27.8 Å². The standard InChI is InChI=1S/C25H26N4O3/c1-16-12-20-13-22(31-3)23(32-4)14-21(20)24(28-29(16)25(30)26-2)18-9-7-17(8-10-18)19-6-5-11-27-15-19/h5-11,13-16H,12H2,1-4H3,(H,26,30). The molecule has 0 aliphatic carbocycles. The number of ether oxygens (including phenoxy) is 2. The predicted octanol–water partition coefficient (Wildman–Crippen LogP) is 4.10. The van der Waals surface area contributed by atoms with Gasteiger partial charge < -0.3 is 14.8 Å². The smallest absolute Gasteiger partial charge is 0.337 e. The van der Waals surface area contributed by atoms with E-state index >= 15 is 0 Å². The fourth-order valence-corrected chi connectivity index (χ4v) is 3.90. The van der Waals surface area contributed by atoms with Crippen molar-refractivity contribution in [1.29, 1.82) is 0 Å². The maximum atomic E-state index is 12.6. The number of rotatable bonds is 4. The van der Waals surface area contributed by atoms with Crippen LogP contribution in [-0.4, -0.2) is 49.0 Å². The molecule has 1 unspecified atom stereocenters. The molecule has 0 radical (unpaired) electrons. The molecule has 2 heterocycles. The Bertz CT molecular complexity index is 1140. The number of carbonyl (C=O) groups excluding carboxylic acids is 1. The number of methoxy groups -OCH3 is 2. The second-order valence-electron chi connectivity index (χ2n) is 7.58. The van der Waals surface area contributed by atoms with Crippen molar-refractivity contribution in [2.45, 2.75) is 19.4 Å². The van der Waals surface area contributed by atoms with Crippen LogP contribution in [0.4, 0.5) is 4.79 Å². The first-order valence-corrected chi connectivity index (χ1v) is 10.4. The highest BCUT2D eigenvalue weighted by Gasteiger charge is 2.28. The molecular weight excluding hydrogens is 404 g/mol. The van der Waals surface area contributed by atoms with E-state index in [1.807, 2.05) is 61.7 Å². The molecule has 1 aromatic heterocycles. The maximum absolute atomic E-state index is 12.6. The lowest BCUT2D eigenvalue weighted by Crippen LogP contribution is -2.41. The van der Waals surface area contributed by atoms with Crippen molar-refractivity contribution in [3.63, 3.8) is 0 Å². The van der Waals surface area contributed by atoms with Crippen LogP contribution in [0.1, 0.15) is 23.6 Å². The van der Waals surface area contributed by atoms with Crippen molar-refractivity contribution < 1.29 is 14.3 Å². The number of amides is 2. The molecule has 4 rings (SSSR count). The first-order chi connectivity index (χ1) is 15.5. The second-order valence-corrected chi connectivity index (χ2v) is 7.58. The molecule has 1 aliphatic rings. The number of hydrogen-bond acceptors (Lipinski definition) is 5. The number of nitrogens with zero attached hydrogens (tertiary/aromatic N) is 3. The van der Waals surface area contributed by atoms with Crippen molar-refractivity contribution in [3.8, 4) is 22.6 Å². The fraction of sp³-hybridized carbons (Fsp3) is 0.240. The molecule has 7 heteroatoms. The zero-order chi connectivity index (χ0) is 22.7. The minimum Gasteiger partial charge on any atom is -0.493 e. The zero-order valence-electron chi connectivity index (χ0n) is 18.6. The Hall–Kier alpha value is -3.87. The summed E-state index contributed by atoms with van der Waals surface area (Å²) in [6.45, 7) is 1.98. The lowest BCUT2D eigenvalue weighted by Gasteiger charge is -2.22. The third-order valence-corrected chi connectivity index (χ3v) is 5.58. The Morgan fingerprint density at radius 3 is 2.34 bits per heavy atom. The van der Waals surface area contributed by atoms with E-state index < -0.39 is 0 Å². The number of carbonyl (C=O) groups is 1. The van der Waals surface area contributed by atoms with Crippen LogP contribution in [0, 0.1) is 0 Å². The number of aromatic nitrogens is 1. The number of hydrogen-bond donors (Lipinski definition) is 1. The third kappa shape index (κ3) is 4.01. The summed E-state index contributed by atoms with van der Waals surface area (Å²) >= 11 is 0. The van der Waals surface area contributed by atoms with Gasteiger partial charge in [0.1, 0.15) is 0 Å². The minimum absolute atomic E-state index is 0.140. The molecule has 0 bridgehead atoms. The van der Waals surface area contributed by atoms with Crippen LogP contribution in [0.25, 0.3) is 11.1 Å². The van der Waals surface area contributed by atoms with Crippen LogP contribution in [0.3, 0.4) is 0 Å². The molecule has 1 aliphatic heterocycles. The van der Waals surface area contributed by atoms with Crippen molar-refractivity contribution in [1.82, 2.24) is 15.3 Å². The summed E-state index contributed by atoms with van der Waals surface area (Å²) in [5.74, 6) is 1.27. The number of pyridine rings is 1. The van der Waals surface area contributed by atoms with Gasteiger partial charge in [0.25, 0.3) is 0 Å². The average molecular weight is 431 g/mol. The minimum atomic E-state index is -0.256. The Labute approximate surface area is 187 Å². The quantitative estimate of drug-likeness (QED) is 0.676. The van der Waals surface area contributed by atoms with Crippen molar-refractivity contribution in [2.75, 3.05) is 21.3 Å². The average Bonchev–Trinajstić information content (AvgIpc) is 2.98. The monoisotopic (exact) mass is 430 g/mol. The number of benzene rings is 2. The molecule has 164 valence electrons. The lowest BCUT2D eigenvalue weighted by atomic mass is 9.93. The SMILES string of the molecule is CNC(=O)N1N=C(c2ccc(-c3cccnc3)cc2)c2cc(OC)c(OC)cc2CC1C. The zero-order valence-corrected chi connectivity index (χ0v) is 18.6. The van der Waals surface area contributed by atoms with E-state index in [2.05, 4.69) is 10.3 Å². The van der Waals surface area contributed by atoms with Crippen LogP contribution in [-0.2, 0) is 6.42 Å². The molecule has 0 saturated carbocycles. The van der Waals surface area contributed by atoms with Gasteiger partial charge in [0.05, 0.1) is 26.0 Å². The molecule has 1 N–H and O–H groups in total. The van der Waals surface area contributed by atoms with Gasteiger partial charge in [0.2, 0.25) is 0 Å². The summed E-state index contributed by atoms with van der Waals surface area (Å²) in [7, 11) is 4.84. The van der Waals surface area contributed by atoms with Crippen LogP contribution in [0.2, 0.25) is 0 Å². The molecule has 0 saturated heterocycles. The van der Waals surface area contributed by atoms with Crippen LogP contribution >= 0.6 is 0 Å². The van der Waals surface area contributed by atoms with Gasteiger partial charge in [-0.1, -0.05) is 30.3 Å². The van der Waals surface area contributed by atoms with Crippen LogP contribution in [0.5, 0.6) is 11.5 Å². The predicted molar refractivity (Wildman–Crippen MR) is 124 cm³/mol. The number of nitrogens with one attached hydrogen (secondary N) is 1.